The lowest BCUT2D eigenvalue weighted by atomic mass is 10.2. The quantitative estimate of drug-likeness (QED) is 0.427. The molecule has 0 fully saturated rings. The molecule has 0 aliphatic rings. The topological polar surface area (TPSA) is 126 Å². The second-order valence-corrected chi connectivity index (χ2v) is 6.36. The fraction of sp³-hybridized carbons (Fsp3) is 0.0588. The van der Waals surface area contributed by atoms with Crippen LogP contribution in [0.4, 0.5) is 11.7 Å². The van der Waals surface area contributed by atoms with Gasteiger partial charge in [0.15, 0.2) is 0 Å². The van der Waals surface area contributed by atoms with Crippen molar-refractivity contribution in [3.8, 4) is 17.5 Å². The molecule has 0 radical (unpaired) electrons. The number of thiazole rings is 1. The van der Waals surface area contributed by atoms with Gasteiger partial charge in [0, 0.05) is 11.3 Å². The summed E-state index contributed by atoms with van der Waals surface area (Å²) in [5.74, 6) is 0.347. The van der Waals surface area contributed by atoms with Gasteiger partial charge in [-0.15, -0.1) is 11.3 Å². The van der Waals surface area contributed by atoms with Crippen LogP contribution >= 0.6 is 11.3 Å². The third-order valence-corrected chi connectivity index (χ3v) is 4.57. The van der Waals surface area contributed by atoms with Crippen molar-refractivity contribution in [1.82, 2.24) is 15.1 Å². The molecule has 0 saturated carbocycles. The molecule has 1 unspecified atom stereocenters. The number of anilines is 1. The Labute approximate surface area is 151 Å². The predicted molar refractivity (Wildman–Crippen MR) is 96.6 cm³/mol. The summed E-state index contributed by atoms with van der Waals surface area (Å²) in [6.07, 6.45) is 0. The molecule has 4 rings (SSSR count). The molecule has 0 spiro atoms. The maximum Gasteiger partial charge on any atom is 0.366 e. The number of para-hydroxylation sites is 1. The van der Waals surface area contributed by atoms with Crippen LogP contribution in [0.5, 0.6) is 0 Å². The standard InChI is InChI=1S/C17H11N7OS/c18-9-13(16-20-12-6-1-2-7-14(12)26-16)22-23-17-21-15(24-25-17)10-4-3-5-11(19)8-10/h1-8,13H,19H2. The Balaban J connectivity index is 1.57. The molecule has 0 bridgehead atoms. The summed E-state index contributed by atoms with van der Waals surface area (Å²) in [6.45, 7) is 0. The van der Waals surface area contributed by atoms with Crippen molar-refractivity contribution >= 4 is 33.3 Å². The molecule has 0 aliphatic carbocycles. The first-order valence-corrected chi connectivity index (χ1v) is 8.40. The third-order valence-electron chi connectivity index (χ3n) is 3.49. The summed E-state index contributed by atoms with van der Waals surface area (Å²) in [4.78, 5) is 8.56. The molecule has 26 heavy (non-hydrogen) atoms. The van der Waals surface area contributed by atoms with Gasteiger partial charge in [-0.05, 0) is 24.3 Å². The van der Waals surface area contributed by atoms with Gasteiger partial charge in [0.25, 0.3) is 0 Å². The van der Waals surface area contributed by atoms with Crippen LogP contribution in [-0.2, 0) is 0 Å². The number of fused-ring (bicyclic) bond motifs is 1. The highest BCUT2D eigenvalue weighted by Crippen LogP contribution is 2.29. The van der Waals surface area contributed by atoms with Crippen molar-refractivity contribution in [1.29, 1.82) is 5.26 Å². The van der Waals surface area contributed by atoms with Gasteiger partial charge in [-0.25, -0.2) is 4.98 Å². The Morgan fingerprint density at radius 1 is 1.15 bits per heavy atom. The van der Waals surface area contributed by atoms with Crippen molar-refractivity contribution in [3.05, 3.63) is 53.5 Å². The molecular weight excluding hydrogens is 350 g/mol. The number of nitrogen functional groups attached to an aromatic ring is 1. The average molecular weight is 361 g/mol. The van der Waals surface area contributed by atoms with Crippen LogP contribution in [0.15, 0.2) is 63.3 Å². The highest BCUT2D eigenvalue weighted by atomic mass is 32.1. The smallest absolute Gasteiger partial charge is 0.366 e. The monoisotopic (exact) mass is 361 g/mol. The van der Waals surface area contributed by atoms with Crippen LogP contribution < -0.4 is 5.73 Å². The second kappa shape index (κ2) is 6.70. The minimum Gasteiger partial charge on any atom is -0.399 e. The van der Waals surface area contributed by atoms with Gasteiger partial charge in [-0.3, -0.25) is 0 Å². The lowest BCUT2D eigenvalue weighted by molar-refractivity contribution is 0.425. The van der Waals surface area contributed by atoms with E-state index in [2.05, 4.69) is 31.4 Å². The van der Waals surface area contributed by atoms with E-state index >= 15 is 0 Å². The van der Waals surface area contributed by atoms with E-state index in [0.29, 0.717) is 22.1 Å². The number of azo groups is 1. The molecule has 8 nitrogen and oxygen atoms in total. The molecular formula is C17H11N7OS. The number of nitriles is 1. The summed E-state index contributed by atoms with van der Waals surface area (Å²) < 4.78 is 6.05. The SMILES string of the molecule is N#CC(N=Nc1nc(-c2cccc(N)c2)no1)c1nc2ccccc2s1. The Bertz CT molecular complexity index is 1110. The van der Waals surface area contributed by atoms with Crippen molar-refractivity contribution in [2.24, 2.45) is 10.2 Å². The number of hydrogen-bond donors (Lipinski definition) is 1. The van der Waals surface area contributed by atoms with E-state index in [1.807, 2.05) is 24.3 Å². The number of hydrogen-bond acceptors (Lipinski definition) is 9. The third kappa shape index (κ3) is 3.13. The zero-order valence-corrected chi connectivity index (χ0v) is 14.1. The van der Waals surface area contributed by atoms with Gasteiger partial charge < -0.3 is 10.3 Å². The van der Waals surface area contributed by atoms with E-state index in [9.17, 15) is 5.26 Å². The lowest BCUT2D eigenvalue weighted by Gasteiger charge is -1.95. The van der Waals surface area contributed by atoms with E-state index in [4.69, 9.17) is 10.3 Å². The zero-order chi connectivity index (χ0) is 17.9. The summed E-state index contributed by atoms with van der Waals surface area (Å²) >= 11 is 1.40. The van der Waals surface area contributed by atoms with Crippen LogP contribution in [0.25, 0.3) is 21.6 Å². The minimum absolute atomic E-state index is 0.0382. The van der Waals surface area contributed by atoms with Gasteiger partial charge in [0.2, 0.25) is 11.9 Å². The lowest BCUT2D eigenvalue weighted by Crippen LogP contribution is -1.89. The molecule has 0 saturated heterocycles. The molecule has 0 aliphatic heterocycles. The number of rotatable bonds is 4. The van der Waals surface area contributed by atoms with E-state index in [1.54, 1.807) is 24.3 Å². The largest absolute Gasteiger partial charge is 0.399 e. The van der Waals surface area contributed by atoms with Gasteiger partial charge >= 0.3 is 6.01 Å². The first-order valence-electron chi connectivity index (χ1n) is 7.58. The van der Waals surface area contributed by atoms with Crippen molar-refractivity contribution < 1.29 is 4.52 Å². The Hall–Kier alpha value is -3.64. The van der Waals surface area contributed by atoms with Crippen LogP contribution in [-0.4, -0.2) is 15.1 Å². The number of nitrogens with two attached hydrogens (primary N) is 1. The zero-order valence-electron chi connectivity index (χ0n) is 13.3. The Morgan fingerprint density at radius 2 is 2.04 bits per heavy atom. The van der Waals surface area contributed by atoms with Crippen molar-refractivity contribution in [2.45, 2.75) is 6.04 Å². The molecule has 9 heteroatoms. The fourth-order valence-electron chi connectivity index (χ4n) is 2.30. The van der Waals surface area contributed by atoms with Crippen molar-refractivity contribution in [2.75, 3.05) is 5.73 Å². The molecule has 2 heterocycles. The predicted octanol–water partition coefficient (Wildman–Crippen LogP) is 4.28. The maximum atomic E-state index is 9.38. The average Bonchev–Trinajstić information content (AvgIpc) is 3.29. The molecule has 2 aromatic heterocycles. The van der Waals surface area contributed by atoms with E-state index in [-0.39, 0.29) is 6.01 Å². The van der Waals surface area contributed by atoms with Gasteiger partial charge in [-0.2, -0.15) is 15.4 Å². The van der Waals surface area contributed by atoms with E-state index in [0.717, 1.165) is 10.2 Å². The van der Waals surface area contributed by atoms with E-state index in [1.165, 1.54) is 11.3 Å². The minimum atomic E-state index is -0.838. The summed E-state index contributed by atoms with van der Waals surface area (Å²) in [5, 5.41) is 21.7. The van der Waals surface area contributed by atoms with Gasteiger partial charge in [-0.1, -0.05) is 34.5 Å². The van der Waals surface area contributed by atoms with Crippen LogP contribution in [0.2, 0.25) is 0 Å². The summed E-state index contributed by atoms with van der Waals surface area (Å²) in [6, 6.07) is 15.9. The van der Waals surface area contributed by atoms with Gasteiger partial charge in [0.05, 0.1) is 16.3 Å². The molecule has 0 amide bonds. The van der Waals surface area contributed by atoms with Crippen LogP contribution in [0.3, 0.4) is 0 Å². The van der Waals surface area contributed by atoms with Crippen molar-refractivity contribution in [3.63, 3.8) is 0 Å². The Kier molecular flexibility index (Phi) is 4.09. The Morgan fingerprint density at radius 3 is 2.85 bits per heavy atom. The van der Waals surface area contributed by atoms with Crippen LogP contribution in [0, 0.1) is 11.3 Å². The van der Waals surface area contributed by atoms with E-state index < -0.39 is 6.04 Å². The maximum absolute atomic E-state index is 9.38. The molecule has 1 atom stereocenters. The summed E-state index contributed by atoms with van der Waals surface area (Å²) in [7, 11) is 0. The highest BCUT2D eigenvalue weighted by Gasteiger charge is 2.16. The molecule has 2 N–H and O–H groups in total. The number of aromatic nitrogens is 3. The number of benzene rings is 2. The molecule has 4 aromatic rings. The summed E-state index contributed by atoms with van der Waals surface area (Å²) in [5.41, 5.74) is 7.87. The molecule has 2 aromatic carbocycles. The highest BCUT2D eigenvalue weighted by molar-refractivity contribution is 7.18. The van der Waals surface area contributed by atoms with Gasteiger partial charge in [0.1, 0.15) is 5.01 Å². The second-order valence-electron chi connectivity index (χ2n) is 5.29. The normalized spacial score (nSPS) is 12.4. The first kappa shape index (κ1) is 15.9. The number of nitrogens with zero attached hydrogens (tertiary/aromatic N) is 6. The fourth-order valence-corrected chi connectivity index (χ4v) is 3.24. The molecule has 126 valence electrons. The van der Waals surface area contributed by atoms with Crippen LogP contribution in [0.1, 0.15) is 11.0 Å². The first-order chi connectivity index (χ1) is 12.7.